The molecule has 0 fully saturated rings. The zero-order valence-corrected chi connectivity index (χ0v) is 30.3. The summed E-state index contributed by atoms with van der Waals surface area (Å²) in [6.07, 6.45) is 0. The van der Waals surface area contributed by atoms with Gasteiger partial charge in [-0.25, -0.2) is 0 Å². The number of rotatable bonds is 7. The summed E-state index contributed by atoms with van der Waals surface area (Å²) in [5, 5.41) is 7.49. The van der Waals surface area contributed by atoms with Crippen LogP contribution in [-0.4, -0.2) is 0 Å². The van der Waals surface area contributed by atoms with Crippen LogP contribution in [0.3, 0.4) is 0 Å². The molecule has 0 saturated heterocycles. The van der Waals surface area contributed by atoms with E-state index in [1.165, 1.54) is 76.8 Å². The first-order valence-electron chi connectivity index (χ1n) is 18.9. The lowest BCUT2D eigenvalue weighted by atomic mass is 9.92. The molecule has 0 unspecified atom stereocenters. The van der Waals surface area contributed by atoms with Gasteiger partial charge in [0.15, 0.2) is 0 Å². The number of para-hydroxylation sites is 1. The van der Waals surface area contributed by atoms with Crippen LogP contribution in [0, 0.1) is 0 Å². The summed E-state index contributed by atoms with van der Waals surface area (Å²) >= 11 is 0. The smallest absolute Gasteiger partial charge is 0.0540 e. The SMILES string of the molecule is c1ccc(-c2ccc(N(c3cccc(-c4cc5ccccc5c5ccccc45)c3)c3ccccc3-c3ccc4ccccc4c3)cc2-c2ccccc2)cc1. The second-order valence-electron chi connectivity index (χ2n) is 14.1. The quantitative estimate of drug-likeness (QED) is 0.150. The molecule has 0 aliphatic rings. The molecule has 10 aromatic carbocycles. The van der Waals surface area contributed by atoms with Gasteiger partial charge in [0.2, 0.25) is 0 Å². The predicted molar refractivity (Wildman–Crippen MR) is 235 cm³/mol. The minimum atomic E-state index is 1.09. The Morgan fingerprint density at radius 1 is 0.236 bits per heavy atom. The van der Waals surface area contributed by atoms with E-state index in [1.807, 2.05) is 0 Å². The fourth-order valence-electron chi connectivity index (χ4n) is 8.20. The average Bonchev–Trinajstić information content (AvgIpc) is 3.27. The van der Waals surface area contributed by atoms with Crippen LogP contribution in [-0.2, 0) is 0 Å². The molecule has 1 nitrogen and oxygen atoms in total. The van der Waals surface area contributed by atoms with Gasteiger partial charge in [0.1, 0.15) is 0 Å². The third-order valence-electron chi connectivity index (χ3n) is 10.8. The summed E-state index contributed by atoms with van der Waals surface area (Å²) in [5.74, 6) is 0. The van der Waals surface area contributed by atoms with Crippen molar-refractivity contribution in [2.24, 2.45) is 0 Å². The Morgan fingerprint density at radius 2 is 0.818 bits per heavy atom. The zero-order valence-electron chi connectivity index (χ0n) is 30.3. The summed E-state index contributed by atoms with van der Waals surface area (Å²) in [6.45, 7) is 0. The molecular weight excluding hydrogens is 663 g/mol. The topological polar surface area (TPSA) is 3.24 Å². The molecule has 0 radical (unpaired) electrons. The highest BCUT2D eigenvalue weighted by Gasteiger charge is 2.20. The van der Waals surface area contributed by atoms with Crippen molar-refractivity contribution >= 4 is 49.4 Å². The molecule has 10 rings (SSSR count). The lowest BCUT2D eigenvalue weighted by molar-refractivity contribution is 1.28. The maximum atomic E-state index is 2.44. The number of nitrogens with zero attached hydrogens (tertiary/aromatic N) is 1. The van der Waals surface area contributed by atoms with Crippen LogP contribution < -0.4 is 4.90 Å². The average molecular weight is 700 g/mol. The van der Waals surface area contributed by atoms with Crippen molar-refractivity contribution in [3.63, 3.8) is 0 Å². The van der Waals surface area contributed by atoms with Crippen LogP contribution >= 0.6 is 0 Å². The lowest BCUT2D eigenvalue weighted by Crippen LogP contribution is -2.11. The number of fused-ring (bicyclic) bond motifs is 4. The maximum Gasteiger partial charge on any atom is 0.0540 e. The molecule has 0 spiro atoms. The predicted octanol–water partition coefficient (Wildman–Crippen LogP) is 15.3. The Bertz CT molecular complexity index is 2980. The van der Waals surface area contributed by atoms with Crippen LogP contribution in [0.2, 0.25) is 0 Å². The van der Waals surface area contributed by atoms with Gasteiger partial charge in [0.25, 0.3) is 0 Å². The Labute approximate surface area is 322 Å². The van der Waals surface area contributed by atoms with E-state index in [2.05, 4.69) is 229 Å². The molecule has 258 valence electrons. The number of hydrogen-bond donors (Lipinski definition) is 0. The van der Waals surface area contributed by atoms with E-state index < -0.39 is 0 Å². The van der Waals surface area contributed by atoms with Gasteiger partial charge in [0.05, 0.1) is 5.69 Å². The molecular formula is C54H37N. The Hall–Kier alpha value is -7.22. The number of anilines is 3. The second kappa shape index (κ2) is 14.0. The minimum absolute atomic E-state index is 1.09. The highest BCUT2D eigenvalue weighted by atomic mass is 15.1. The fraction of sp³-hybridized carbons (Fsp3) is 0. The molecule has 0 bridgehead atoms. The summed E-state index contributed by atoms with van der Waals surface area (Å²) in [6, 6.07) is 81.6. The Morgan fingerprint density at radius 3 is 1.62 bits per heavy atom. The van der Waals surface area contributed by atoms with Gasteiger partial charge in [-0.05, 0) is 114 Å². The van der Waals surface area contributed by atoms with Crippen molar-refractivity contribution < 1.29 is 0 Å². The van der Waals surface area contributed by atoms with Crippen LogP contribution in [0.5, 0.6) is 0 Å². The highest BCUT2D eigenvalue weighted by molar-refractivity contribution is 6.14. The molecule has 0 saturated carbocycles. The van der Waals surface area contributed by atoms with Crippen LogP contribution in [0.4, 0.5) is 17.1 Å². The van der Waals surface area contributed by atoms with E-state index in [1.54, 1.807) is 0 Å². The molecule has 0 aliphatic carbocycles. The molecule has 0 aromatic heterocycles. The molecule has 10 aromatic rings. The largest absolute Gasteiger partial charge is 0.310 e. The molecule has 0 amide bonds. The molecule has 0 N–H and O–H groups in total. The van der Waals surface area contributed by atoms with Gasteiger partial charge < -0.3 is 4.90 Å². The van der Waals surface area contributed by atoms with E-state index in [9.17, 15) is 0 Å². The summed E-state index contributed by atoms with van der Waals surface area (Å²) < 4.78 is 0. The van der Waals surface area contributed by atoms with Gasteiger partial charge in [0, 0.05) is 16.9 Å². The van der Waals surface area contributed by atoms with Gasteiger partial charge in [-0.3, -0.25) is 0 Å². The van der Waals surface area contributed by atoms with Crippen molar-refractivity contribution in [3.05, 3.63) is 224 Å². The second-order valence-corrected chi connectivity index (χ2v) is 14.1. The van der Waals surface area contributed by atoms with E-state index in [-0.39, 0.29) is 0 Å². The van der Waals surface area contributed by atoms with Gasteiger partial charge in [-0.1, -0.05) is 182 Å². The molecule has 1 heteroatoms. The summed E-state index contributed by atoms with van der Waals surface area (Å²) in [4.78, 5) is 2.44. The van der Waals surface area contributed by atoms with E-state index in [0.717, 1.165) is 17.1 Å². The fourth-order valence-corrected chi connectivity index (χ4v) is 8.20. The first-order valence-corrected chi connectivity index (χ1v) is 18.9. The van der Waals surface area contributed by atoms with Crippen molar-refractivity contribution in [3.8, 4) is 44.5 Å². The van der Waals surface area contributed by atoms with Crippen LogP contribution in [0.25, 0.3) is 76.8 Å². The van der Waals surface area contributed by atoms with E-state index >= 15 is 0 Å². The van der Waals surface area contributed by atoms with Crippen molar-refractivity contribution in [1.29, 1.82) is 0 Å². The summed E-state index contributed by atoms with van der Waals surface area (Å²) in [5.41, 5.74) is 12.8. The molecule has 0 atom stereocenters. The monoisotopic (exact) mass is 699 g/mol. The van der Waals surface area contributed by atoms with Crippen LogP contribution in [0.1, 0.15) is 0 Å². The van der Waals surface area contributed by atoms with Crippen molar-refractivity contribution in [1.82, 2.24) is 0 Å². The first kappa shape index (κ1) is 32.4. The molecule has 55 heavy (non-hydrogen) atoms. The molecule has 0 heterocycles. The standard InChI is InChI=1S/C54H37N/c1-3-17-39(18-4-1)48-33-32-46(37-53(48)40-19-5-2-6-20-40)55(54-29-14-13-26-49(54)44-31-30-38-16-7-8-21-41(38)34-44)45-24-15-23-42(35-45)52-36-43-22-9-10-25-47(43)50-27-11-12-28-51(50)52/h1-37H. The third kappa shape index (κ3) is 6.02. The lowest BCUT2D eigenvalue weighted by Gasteiger charge is -2.29. The Kier molecular flexibility index (Phi) is 8.24. The van der Waals surface area contributed by atoms with Gasteiger partial charge >= 0.3 is 0 Å². The van der Waals surface area contributed by atoms with Crippen LogP contribution in [0.15, 0.2) is 224 Å². The van der Waals surface area contributed by atoms with Gasteiger partial charge in [-0.2, -0.15) is 0 Å². The number of hydrogen-bond acceptors (Lipinski definition) is 1. The normalized spacial score (nSPS) is 11.3. The number of benzene rings is 10. The van der Waals surface area contributed by atoms with Crippen molar-refractivity contribution in [2.75, 3.05) is 4.90 Å². The first-order chi connectivity index (χ1) is 27.3. The zero-order chi connectivity index (χ0) is 36.6. The minimum Gasteiger partial charge on any atom is -0.310 e. The van der Waals surface area contributed by atoms with E-state index in [0.29, 0.717) is 0 Å². The molecule has 0 aliphatic heterocycles. The summed E-state index contributed by atoms with van der Waals surface area (Å²) in [7, 11) is 0. The Balaban J connectivity index is 1.22. The third-order valence-corrected chi connectivity index (χ3v) is 10.8. The maximum absolute atomic E-state index is 2.44. The van der Waals surface area contributed by atoms with E-state index in [4.69, 9.17) is 0 Å². The van der Waals surface area contributed by atoms with Crippen molar-refractivity contribution in [2.45, 2.75) is 0 Å². The highest BCUT2D eigenvalue weighted by Crippen LogP contribution is 2.45. The van der Waals surface area contributed by atoms with Gasteiger partial charge in [-0.15, -0.1) is 0 Å².